The number of aryl methyl sites for hydroxylation is 1. The molecule has 10 nitrogen and oxygen atoms in total. The fourth-order valence-corrected chi connectivity index (χ4v) is 7.16. The third kappa shape index (κ3) is 6.60. The highest BCUT2D eigenvalue weighted by Gasteiger charge is 2.29. The lowest BCUT2D eigenvalue weighted by atomic mass is 9.87. The van der Waals surface area contributed by atoms with E-state index in [1.54, 1.807) is 12.3 Å². The van der Waals surface area contributed by atoms with Gasteiger partial charge in [0.05, 0.1) is 17.7 Å². The number of carbonyl (C=O) groups is 1. The van der Waals surface area contributed by atoms with Crippen molar-refractivity contribution in [3.8, 4) is 16.3 Å². The SMILES string of the molecule is COc1ncc(-c2sc(NC(=O)CC3CCOCC3)nc2C)cc1S(=O)(=O)NC1CCC(CO)CC1. The number of ether oxygens (including phenoxy) is 2. The zero-order valence-corrected chi connectivity index (χ0v) is 22.3. The zero-order valence-electron chi connectivity index (χ0n) is 20.7. The van der Waals surface area contributed by atoms with E-state index >= 15 is 0 Å². The normalized spacial score (nSPS) is 21.3. The quantitative estimate of drug-likeness (QED) is 0.443. The number of nitrogens with one attached hydrogen (secondary N) is 2. The summed E-state index contributed by atoms with van der Waals surface area (Å²) >= 11 is 1.29. The number of sulfonamides is 1. The van der Waals surface area contributed by atoms with Crippen molar-refractivity contribution in [2.24, 2.45) is 11.8 Å². The van der Waals surface area contributed by atoms with Crippen molar-refractivity contribution in [1.29, 1.82) is 0 Å². The highest BCUT2D eigenvalue weighted by molar-refractivity contribution is 7.89. The number of anilines is 1. The largest absolute Gasteiger partial charge is 0.480 e. The van der Waals surface area contributed by atoms with Crippen molar-refractivity contribution < 1.29 is 27.8 Å². The van der Waals surface area contributed by atoms with Crippen LogP contribution in [0.15, 0.2) is 17.2 Å². The number of rotatable bonds is 9. The highest BCUT2D eigenvalue weighted by atomic mass is 32.2. The third-order valence-electron chi connectivity index (χ3n) is 6.85. The molecular formula is C24H34N4O6S2. The van der Waals surface area contributed by atoms with Gasteiger partial charge in [-0.15, -0.1) is 0 Å². The van der Waals surface area contributed by atoms with Crippen LogP contribution >= 0.6 is 11.3 Å². The Morgan fingerprint density at radius 3 is 2.58 bits per heavy atom. The summed E-state index contributed by atoms with van der Waals surface area (Å²) in [6, 6.07) is 1.34. The number of hydrogen-bond donors (Lipinski definition) is 3. The molecule has 3 N–H and O–H groups in total. The first-order valence-corrected chi connectivity index (χ1v) is 14.6. The van der Waals surface area contributed by atoms with E-state index in [4.69, 9.17) is 9.47 Å². The molecule has 4 rings (SSSR count). The summed E-state index contributed by atoms with van der Waals surface area (Å²) in [4.78, 5) is 21.9. The molecule has 12 heteroatoms. The number of methoxy groups -OCH3 is 1. The minimum Gasteiger partial charge on any atom is -0.480 e. The monoisotopic (exact) mass is 538 g/mol. The lowest BCUT2D eigenvalue weighted by Gasteiger charge is -2.27. The van der Waals surface area contributed by atoms with Gasteiger partial charge in [0.15, 0.2) is 5.13 Å². The average Bonchev–Trinajstić information content (AvgIpc) is 3.24. The van der Waals surface area contributed by atoms with E-state index in [1.807, 2.05) is 6.92 Å². The lowest BCUT2D eigenvalue weighted by molar-refractivity contribution is -0.117. The van der Waals surface area contributed by atoms with Crippen LogP contribution in [-0.2, 0) is 19.6 Å². The molecule has 0 atom stereocenters. The van der Waals surface area contributed by atoms with Gasteiger partial charge < -0.3 is 19.9 Å². The van der Waals surface area contributed by atoms with E-state index in [2.05, 4.69) is 20.0 Å². The molecule has 2 aromatic heterocycles. The highest BCUT2D eigenvalue weighted by Crippen LogP contribution is 2.36. The van der Waals surface area contributed by atoms with Crippen LogP contribution in [0.3, 0.4) is 0 Å². The molecule has 0 radical (unpaired) electrons. The fraction of sp³-hybridized carbons (Fsp3) is 0.625. The van der Waals surface area contributed by atoms with Crippen molar-refractivity contribution in [2.45, 2.75) is 62.8 Å². The molecule has 2 aliphatic rings. The Kier molecular flexibility index (Phi) is 8.94. The number of thiazole rings is 1. The van der Waals surface area contributed by atoms with E-state index in [-0.39, 0.29) is 35.2 Å². The Balaban J connectivity index is 1.50. The summed E-state index contributed by atoms with van der Waals surface area (Å²) in [6.07, 6.45) is 6.64. The number of aromatic nitrogens is 2. The smallest absolute Gasteiger partial charge is 0.246 e. The summed E-state index contributed by atoms with van der Waals surface area (Å²) in [7, 11) is -2.51. The number of hydrogen-bond acceptors (Lipinski definition) is 9. The van der Waals surface area contributed by atoms with Crippen LogP contribution in [0.4, 0.5) is 5.13 Å². The second-order valence-corrected chi connectivity index (χ2v) is 12.2. The zero-order chi connectivity index (χ0) is 25.7. The fourth-order valence-electron chi connectivity index (χ4n) is 4.75. The third-order valence-corrected chi connectivity index (χ3v) is 9.49. The van der Waals surface area contributed by atoms with Crippen LogP contribution in [0.25, 0.3) is 10.4 Å². The van der Waals surface area contributed by atoms with Gasteiger partial charge in [-0.05, 0) is 63.4 Å². The van der Waals surface area contributed by atoms with Crippen LogP contribution in [0.5, 0.6) is 5.88 Å². The van der Waals surface area contributed by atoms with Crippen molar-refractivity contribution in [2.75, 3.05) is 32.2 Å². The second kappa shape index (κ2) is 12.0. The first-order chi connectivity index (χ1) is 17.3. The number of aliphatic hydroxyl groups excluding tert-OH is 1. The van der Waals surface area contributed by atoms with Crippen molar-refractivity contribution in [1.82, 2.24) is 14.7 Å². The number of amides is 1. The van der Waals surface area contributed by atoms with Gasteiger partial charge in [-0.3, -0.25) is 4.79 Å². The summed E-state index contributed by atoms with van der Waals surface area (Å²) in [5, 5.41) is 12.7. The number of pyridine rings is 1. The Morgan fingerprint density at radius 1 is 1.19 bits per heavy atom. The predicted molar refractivity (Wildman–Crippen MR) is 137 cm³/mol. The molecule has 1 saturated carbocycles. The minimum atomic E-state index is -3.89. The van der Waals surface area contributed by atoms with Gasteiger partial charge >= 0.3 is 0 Å². The second-order valence-electron chi connectivity index (χ2n) is 9.49. The van der Waals surface area contributed by atoms with E-state index in [0.29, 0.717) is 54.8 Å². The van der Waals surface area contributed by atoms with E-state index < -0.39 is 10.0 Å². The van der Waals surface area contributed by atoms with E-state index in [1.165, 1.54) is 18.4 Å². The maximum atomic E-state index is 13.3. The molecule has 0 unspecified atom stereocenters. The maximum absolute atomic E-state index is 13.3. The Labute approximate surface area is 215 Å². The van der Waals surface area contributed by atoms with Crippen LogP contribution in [-0.4, -0.2) is 62.4 Å². The molecule has 1 saturated heterocycles. The number of nitrogens with zero attached hydrogens (tertiary/aromatic N) is 2. The van der Waals surface area contributed by atoms with Crippen molar-refractivity contribution >= 4 is 32.4 Å². The molecule has 1 amide bonds. The van der Waals surface area contributed by atoms with Gasteiger partial charge in [0.2, 0.25) is 21.8 Å². The van der Waals surface area contributed by atoms with Crippen molar-refractivity contribution in [3.05, 3.63) is 18.0 Å². The molecular weight excluding hydrogens is 504 g/mol. The summed E-state index contributed by atoms with van der Waals surface area (Å²) < 4.78 is 40.0. The molecule has 0 bridgehead atoms. The lowest BCUT2D eigenvalue weighted by Crippen LogP contribution is -2.38. The summed E-state index contributed by atoms with van der Waals surface area (Å²) in [5.41, 5.74) is 1.26. The molecule has 0 spiro atoms. The van der Waals surface area contributed by atoms with Crippen LogP contribution < -0.4 is 14.8 Å². The first kappa shape index (κ1) is 26.9. The molecule has 1 aliphatic carbocycles. The Hall–Kier alpha value is -2.12. The standard InChI is InChI=1S/C24H34N4O6S2/c1-15-22(35-24(26-15)27-21(30)11-16-7-9-34-10-8-16)18-12-20(23(33-2)25-13-18)36(31,32)28-19-5-3-17(14-29)4-6-19/h12-13,16-17,19,28-29H,3-11,14H2,1-2H3,(H,26,27,30). The van der Waals surface area contributed by atoms with Crippen molar-refractivity contribution in [3.63, 3.8) is 0 Å². The summed E-state index contributed by atoms with van der Waals surface area (Å²) in [6.45, 7) is 3.32. The molecule has 0 aromatic carbocycles. The maximum Gasteiger partial charge on any atom is 0.246 e. The van der Waals surface area contributed by atoms with Gasteiger partial charge in [-0.2, -0.15) is 0 Å². The predicted octanol–water partition coefficient (Wildman–Crippen LogP) is 3.11. The van der Waals surface area contributed by atoms with Gasteiger partial charge in [-0.25, -0.2) is 23.1 Å². The van der Waals surface area contributed by atoms with E-state index in [0.717, 1.165) is 30.6 Å². The molecule has 3 heterocycles. The number of aliphatic hydroxyl groups is 1. The molecule has 1 aliphatic heterocycles. The van der Waals surface area contributed by atoms with Gasteiger partial charge in [0.1, 0.15) is 4.90 Å². The van der Waals surface area contributed by atoms with E-state index in [9.17, 15) is 18.3 Å². The Morgan fingerprint density at radius 2 is 1.92 bits per heavy atom. The molecule has 2 aromatic rings. The van der Waals surface area contributed by atoms with Gasteiger partial charge in [0, 0.05) is 44.0 Å². The number of carbonyl (C=O) groups excluding carboxylic acids is 1. The molecule has 36 heavy (non-hydrogen) atoms. The molecule has 2 fully saturated rings. The average molecular weight is 539 g/mol. The summed E-state index contributed by atoms with van der Waals surface area (Å²) in [5.74, 6) is 0.468. The molecule has 198 valence electrons. The van der Waals surface area contributed by atoms with Gasteiger partial charge in [0.25, 0.3) is 0 Å². The van der Waals surface area contributed by atoms with Crippen LogP contribution in [0.1, 0.15) is 50.6 Å². The van der Waals surface area contributed by atoms with Crippen LogP contribution in [0, 0.1) is 18.8 Å². The minimum absolute atomic E-state index is 0.0162. The van der Waals surface area contributed by atoms with Crippen LogP contribution in [0.2, 0.25) is 0 Å². The van der Waals surface area contributed by atoms with Gasteiger partial charge in [-0.1, -0.05) is 11.3 Å². The Bertz CT molecular complexity index is 1160. The first-order valence-electron chi connectivity index (χ1n) is 12.3. The topological polar surface area (TPSA) is 140 Å².